The summed E-state index contributed by atoms with van der Waals surface area (Å²) in [6.45, 7) is 3.92. The first-order valence-electron chi connectivity index (χ1n) is 7.47. The molecule has 0 aromatic heterocycles. The Balaban J connectivity index is 0.00000264. The van der Waals surface area contributed by atoms with E-state index >= 15 is 0 Å². The Morgan fingerprint density at radius 2 is 2.13 bits per heavy atom. The summed E-state index contributed by atoms with van der Waals surface area (Å²) in [5.74, 6) is 0.858. The lowest BCUT2D eigenvalue weighted by atomic mass is 10.0. The summed E-state index contributed by atoms with van der Waals surface area (Å²) in [5.41, 5.74) is 0.943. The fraction of sp³-hybridized carbons (Fsp3) is 0.500. The van der Waals surface area contributed by atoms with Gasteiger partial charge in [0.15, 0.2) is 0 Å². The SMILES string of the molecule is COc1cccc(CC(NC(C)=O)C(=O)NCC2CNC2)c1.Cl. The molecule has 2 rings (SSSR count). The van der Waals surface area contributed by atoms with E-state index < -0.39 is 6.04 Å². The van der Waals surface area contributed by atoms with Gasteiger partial charge in [-0.25, -0.2) is 0 Å². The zero-order valence-electron chi connectivity index (χ0n) is 13.4. The molecule has 7 heteroatoms. The number of rotatable bonds is 7. The molecule has 1 fully saturated rings. The van der Waals surface area contributed by atoms with Crippen LogP contribution in [0.3, 0.4) is 0 Å². The third-order valence-electron chi connectivity index (χ3n) is 3.70. The molecule has 0 aliphatic carbocycles. The average Bonchev–Trinajstić information content (AvgIpc) is 2.44. The van der Waals surface area contributed by atoms with Crippen molar-refractivity contribution in [3.63, 3.8) is 0 Å². The van der Waals surface area contributed by atoms with Crippen LogP contribution < -0.4 is 20.7 Å². The van der Waals surface area contributed by atoms with E-state index in [-0.39, 0.29) is 24.2 Å². The van der Waals surface area contributed by atoms with Crippen LogP contribution in [-0.2, 0) is 16.0 Å². The van der Waals surface area contributed by atoms with E-state index in [9.17, 15) is 9.59 Å². The first-order chi connectivity index (χ1) is 10.6. The van der Waals surface area contributed by atoms with Gasteiger partial charge in [0.2, 0.25) is 11.8 Å². The van der Waals surface area contributed by atoms with Crippen molar-refractivity contribution in [3.8, 4) is 5.75 Å². The maximum absolute atomic E-state index is 12.3. The standard InChI is InChI=1S/C16H23N3O3.ClH/c1-11(20)19-15(16(21)18-10-13-8-17-9-13)7-12-4-3-5-14(6-12)22-2;/h3-6,13,15,17H,7-10H2,1-2H3,(H,18,21)(H,19,20);1H. The number of amides is 2. The Hall–Kier alpha value is -1.79. The van der Waals surface area contributed by atoms with Crippen molar-refractivity contribution in [2.45, 2.75) is 19.4 Å². The Morgan fingerprint density at radius 1 is 1.39 bits per heavy atom. The number of nitrogens with one attached hydrogen (secondary N) is 3. The van der Waals surface area contributed by atoms with Gasteiger partial charge in [-0.1, -0.05) is 12.1 Å². The van der Waals surface area contributed by atoms with Crippen molar-refractivity contribution in [1.82, 2.24) is 16.0 Å². The monoisotopic (exact) mass is 341 g/mol. The lowest BCUT2D eigenvalue weighted by Gasteiger charge is -2.28. The number of hydrogen-bond donors (Lipinski definition) is 3. The van der Waals surface area contributed by atoms with Crippen LogP contribution in [0.25, 0.3) is 0 Å². The Bertz CT molecular complexity index is 535. The normalized spacial score (nSPS) is 14.9. The summed E-state index contributed by atoms with van der Waals surface area (Å²) in [7, 11) is 1.60. The highest BCUT2D eigenvalue weighted by molar-refractivity contribution is 5.87. The molecule has 3 N–H and O–H groups in total. The Labute approximate surface area is 142 Å². The summed E-state index contributed by atoms with van der Waals surface area (Å²) in [5, 5.41) is 8.80. The molecule has 1 aromatic carbocycles. The van der Waals surface area contributed by atoms with Crippen LogP contribution in [0.2, 0.25) is 0 Å². The Kier molecular flexibility index (Phi) is 7.85. The largest absolute Gasteiger partial charge is 0.497 e. The highest BCUT2D eigenvalue weighted by atomic mass is 35.5. The zero-order chi connectivity index (χ0) is 15.9. The Morgan fingerprint density at radius 3 is 2.70 bits per heavy atom. The molecule has 1 aliphatic rings. The second kappa shape index (κ2) is 9.37. The minimum Gasteiger partial charge on any atom is -0.497 e. The number of carbonyl (C=O) groups is 2. The van der Waals surface area contributed by atoms with Crippen molar-refractivity contribution in [1.29, 1.82) is 0 Å². The first-order valence-corrected chi connectivity index (χ1v) is 7.47. The third-order valence-corrected chi connectivity index (χ3v) is 3.70. The minimum atomic E-state index is -0.572. The van der Waals surface area contributed by atoms with Crippen LogP contribution in [0.1, 0.15) is 12.5 Å². The topological polar surface area (TPSA) is 79.5 Å². The van der Waals surface area contributed by atoms with Crippen molar-refractivity contribution < 1.29 is 14.3 Å². The van der Waals surface area contributed by atoms with Gasteiger partial charge in [0.05, 0.1) is 7.11 Å². The molecule has 0 radical (unpaired) electrons. The van der Waals surface area contributed by atoms with E-state index in [1.54, 1.807) is 7.11 Å². The van der Waals surface area contributed by atoms with Crippen LogP contribution in [0.4, 0.5) is 0 Å². The van der Waals surface area contributed by atoms with Crippen molar-refractivity contribution >= 4 is 24.2 Å². The molecule has 6 nitrogen and oxygen atoms in total. The highest BCUT2D eigenvalue weighted by Gasteiger charge is 2.23. The van der Waals surface area contributed by atoms with Gasteiger partial charge in [-0.05, 0) is 17.7 Å². The molecular formula is C16H24ClN3O3. The van der Waals surface area contributed by atoms with Crippen LogP contribution in [0, 0.1) is 5.92 Å². The number of benzene rings is 1. The molecule has 1 unspecified atom stereocenters. The van der Waals surface area contributed by atoms with Gasteiger partial charge in [-0.2, -0.15) is 0 Å². The second-order valence-electron chi connectivity index (χ2n) is 5.58. The molecule has 0 spiro atoms. The van der Waals surface area contributed by atoms with Crippen molar-refractivity contribution in [3.05, 3.63) is 29.8 Å². The molecule has 1 aromatic rings. The number of methoxy groups -OCH3 is 1. The van der Waals surface area contributed by atoms with Crippen LogP contribution in [0.15, 0.2) is 24.3 Å². The van der Waals surface area contributed by atoms with E-state index in [1.807, 2.05) is 24.3 Å². The number of hydrogen-bond acceptors (Lipinski definition) is 4. The van der Waals surface area contributed by atoms with Crippen LogP contribution in [-0.4, -0.2) is 44.6 Å². The van der Waals surface area contributed by atoms with E-state index in [1.165, 1.54) is 6.92 Å². The van der Waals surface area contributed by atoms with E-state index in [2.05, 4.69) is 16.0 Å². The van der Waals surface area contributed by atoms with E-state index in [4.69, 9.17) is 4.74 Å². The summed E-state index contributed by atoms with van der Waals surface area (Å²) in [4.78, 5) is 23.7. The maximum Gasteiger partial charge on any atom is 0.242 e. The third kappa shape index (κ3) is 6.08. The summed E-state index contributed by atoms with van der Waals surface area (Å²) < 4.78 is 5.18. The second-order valence-corrected chi connectivity index (χ2v) is 5.58. The van der Waals surface area contributed by atoms with E-state index in [0.717, 1.165) is 24.4 Å². The highest BCUT2D eigenvalue weighted by Crippen LogP contribution is 2.14. The first kappa shape index (κ1) is 19.3. The van der Waals surface area contributed by atoms with Gasteiger partial charge in [0.25, 0.3) is 0 Å². The summed E-state index contributed by atoms with van der Waals surface area (Å²) >= 11 is 0. The molecule has 1 atom stereocenters. The van der Waals surface area contributed by atoms with Crippen LogP contribution in [0.5, 0.6) is 5.75 Å². The quantitative estimate of drug-likeness (QED) is 0.675. The molecule has 1 heterocycles. The van der Waals surface area contributed by atoms with Gasteiger partial charge < -0.3 is 20.7 Å². The number of ether oxygens (including phenoxy) is 1. The van der Waals surface area contributed by atoms with Gasteiger partial charge >= 0.3 is 0 Å². The van der Waals surface area contributed by atoms with Crippen LogP contribution >= 0.6 is 12.4 Å². The van der Waals surface area contributed by atoms with Gasteiger partial charge in [0, 0.05) is 38.9 Å². The number of halogens is 1. The molecule has 23 heavy (non-hydrogen) atoms. The predicted molar refractivity (Wildman–Crippen MR) is 90.9 cm³/mol. The molecular weight excluding hydrogens is 318 g/mol. The molecule has 2 amide bonds. The summed E-state index contributed by atoms with van der Waals surface area (Å²) in [6, 6.07) is 6.94. The summed E-state index contributed by atoms with van der Waals surface area (Å²) in [6.07, 6.45) is 0.436. The fourth-order valence-corrected chi connectivity index (χ4v) is 2.35. The number of carbonyl (C=O) groups excluding carboxylic acids is 2. The van der Waals surface area contributed by atoms with E-state index in [0.29, 0.717) is 18.9 Å². The van der Waals surface area contributed by atoms with Crippen molar-refractivity contribution in [2.75, 3.05) is 26.7 Å². The predicted octanol–water partition coefficient (Wildman–Crippen LogP) is 0.500. The molecule has 128 valence electrons. The van der Waals surface area contributed by atoms with Gasteiger partial charge in [-0.3, -0.25) is 9.59 Å². The zero-order valence-corrected chi connectivity index (χ0v) is 14.2. The minimum absolute atomic E-state index is 0. The van der Waals surface area contributed by atoms with Gasteiger partial charge in [-0.15, -0.1) is 12.4 Å². The molecule has 0 saturated carbocycles. The smallest absolute Gasteiger partial charge is 0.242 e. The van der Waals surface area contributed by atoms with Crippen molar-refractivity contribution in [2.24, 2.45) is 5.92 Å². The molecule has 0 bridgehead atoms. The molecule has 1 saturated heterocycles. The average molecular weight is 342 g/mol. The molecule has 1 aliphatic heterocycles. The maximum atomic E-state index is 12.3. The van der Waals surface area contributed by atoms with Gasteiger partial charge in [0.1, 0.15) is 11.8 Å². The lowest BCUT2D eigenvalue weighted by molar-refractivity contribution is -0.128. The fourth-order valence-electron chi connectivity index (χ4n) is 2.35. The lowest BCUT2D eigenvalue weighted by Crippen LogP contribution is -2.52.